The summed E-state index contributed by atoms with van der Waals surface area (Å²) in [6.45, 7) is -0.760. The van der Waals surface area contributed by atoms with Crippen LogP contribution in [-0.2, 0) is 9.59 Å². The van der Waals surface area contributed by atoms with E-state index >= 15 is 0 Å². The number of benzene rings is 2. The fourth-order valence-corrected chi connectivity index (χ4v) is 4.31. The van der Waals surface area contributed by atoms with Gasteiger partial charge in [0.05, 0.1) is 15.6 Å². The monoisotopic (exact) mass is 526 g/mol. The van der Waals surface area contributed by atoms with Crippen molar-refractivity contribution in [3.05, 3.63) is 80.6 Å². The fourth-order valence-electron chi connectivity index (χ4n) is 2.99. The number of rotatable bonds is 5. The lowest BCUT2D eigenvalue weighted by molar-refractivity contribution is -0.127. The van der Waals surface area contributed by atoms with E-state index < -0.39 is 46.7 Å². The van der Waals surface area contributed by atoms with E-state index in [2.05, 4.69) is 0 Å². The van der Waals surface area contributed by atoms with Gasteiger partial charge < -0.3 is 9.73 Å². The van der Waals surface area contributed by atoms with Gasteiger partial charge in [0.15, 0.2) is 17.5 Å². The third kappa shape index (κ3) is 4.84. The van der Waals surface area contributed by atoms with Gasteiger partial charge in [-0.05, 0) is 54.2 Å². The molecule has 0 unspecified atom stereocenters. The standard InChI is InChI=1S/C22H11Cl2F3N2O4S/c23-10-1-3-12(13(24)7-10)16-6-2-11(33-16)8-17-21(31)29(22(32)34-17)9-18(30)28-15-5-4-14(25)19(26)20(15)27/h1-8H,9H2,(H,28,30)/b17-8+. The number of nitrogens with zero attached hydrogens (tertiary/aromatic N) is 1. The molecule has 6 nitrogen and oxygen atoms in total. The number of furan rings is 1. The van der Waals surface area contributed by atoms with Gasteiger partial charge in [-0.25, -0.2) is 13.2 Å². The number of hydrogen-bond acceptors (Lipinski definition) is 5. The van der Waals surface area contributed by atoms with E-state index in [-0.39, 0.29) is 10.7 Å². The minimum Gasteiger partial charge on any atom is -0.457 e. The number of imide groups is 1. The van der Waals surface area contributed by atoms with Gasteiger partial charge in [0.1, 0.15) is 18.1 Å². The fraction of sp³-hybridized carbons (Fsp3) is 0.0455. The molecule has 0 atom stereocenters. The van der Waals surface area contributed by atoms with Crippen molar-refractivity contribution >= 4 is 63.8 Å². The molecule has 0 spiro atoms. The first-order chi connectivity index (χ1) is 16.1. The average Bonchev–Trinajstić information content (AvgIpc) is 3.34. The number of carbonyl (C=O) groups excluding carboxylic acids is 3. The van der Waals surface area contributed by atoms with E-state index in [4.69, 9.17) is 27.6 Å². The summed E-state index contributed by atoms with van der Waals surface area (Å²) in [5.74, 6) is -5.89. The van der Waals surface area contributed by atoms with Crippen LogP contribution in [-0.4, -0.2) is 28.5 Å². The zero-order chi connectivity index (χ0) is 24.6. The quantitative estimate of drug-likeness (QED) is 0.309. The lowest BCUT2D eigenvalue weighted by Crippen LogP contribution is -2.36. The van der Waals surface area contributed by atoms with Crippen LogP contribution in [0, 0.1) is 17.5 Å². The highest BCUT2D eigenvalue weighted by Crippen LogP contribution is 2.35. The summed E-state index contributed by atoms with van der Waals surface area (Å²) in [5, 5.41) is 2.07. The molecule has 1 aliphatic rings. The highest BCUT2D eigenvalue weighted by Gasteiger charge is 2.36. The maximum Gasteiger partial charge on any atom is 0.294 e. The predicted molar refractivity (Wildman–Crippen MR) is 122 cm³/mol. The molecule has 1 N–H and O–H groups in total. The van der Waals surface area contributed by atoms with Crippen molar-refractivity contribution in [2.45, 2.75) is 0 Å². The van der Waals surface area contributed by atoms with Crippen molar-refractivity contribution < 1.29 is 32.0 Å². The Morgan fingerprint density at radius 2 is 1.82 bits per heavy atom. The second-order valence-electron chi connectivity index (χ2n) is 6.87. The molecule has 3 aromatic rings. The summed E-state index contributed by atoms with van der Waals surface area (Å²) in [5.41, 5.74) is -0.0599. The van der Waals surface area contributed by atoms with Crippen molar-refractivity contribution in [2.75, 3.05) is 11.9 Å². The van der Waals surface area contributed by atoms with Crippen molar-refractivity contribution in [1.29, 1.82) is 0 Å². The first kappa shape index (κ1) is 23.9. The number of thioether (sulfide) groups is 1. The molecule has 3 amide bonds. The lowest BCUT2D eigenvalue weighted by Gasteiger charge is -2.13. The van der Waals surface area contributed by atoms with Crippen molar-refractivity contribution in [1.82, 2.24) is 4.90 Å². The molecular weight excluding hydrogens is 516 g/mol. The van der Waals surface area contributed by atoms with Gasteiger partial charge >= 0.3 is 0 Å². The van der Waals surface area contributed by atoms with Crippen LogP contribution in [0.5, 0.6) is 0 Å². The Hall–Kier alpha value is -3.21. The van der Waals surface area contributed by atoms with Gasteiger partial charge in [-0.2, -0.15) is 0 Å². The second-order valence-corrected chi connectivity index (χ2v) is 8.70. The summed E-state index contributed by atoms with van der Waals surface area (Å²) in [6.07, 6.45) is 1.32. The van der Waals surface area contributed by atoms with Crippen molar-refractivity contribution in [3.8, 4) is 11.3 Å². The third-order valence-electron chi connectivity index (χ3n) is 4.58. The molecular formula is C22H11Cl2F3N2O4S. The van der Waals surface area contributed by atoms with Crippen LogP contribution in [0.4, 0.5) is 23.7 Å². The van der Waals surface area contributed by atoms with E-state index in [1.54, 1.807) is 30.3 Å². The summed E-state index contributed by atoms with van der Waals surface area (Å²) >= 11 is 12.6. The molecule has 0 radical (unpaired) electrons. The van der Waals surface area contributed by atoms with Gasteiger partial charge in [-0.1, -0.05) is 23.2 Å². The van der Waals surface area contributed by atoms with Gasteiger partial charge in [0.2, 0.25) is 5.91 Å². The zero-order valence-electron chi connectivity index (χ0n) is 16.7. The predicted octanol–water partition coefficient (Wildman–Crippen LogP) is 6.35. The minimum absolute atomic E-state index is 0.0140. The average molecular weight is 527 g/mol. The molecule has 1 saturated heterocycles. The van der Waals surface area contributed by atoms with Crippen LogP contribution < -0.4 is 5.32 Å². The maximum absolute atomic E-state index is 13.7. The van der Waals surface area contributed by atoms with Crippen LogP contribution in [0.15, 0.2) is 51.8 Å². The Balaban J connectivity index is 1.47. The topological polar surface area (TPSA) is 79.6 Å². The van der Waals surface area contributed by atoms with Crippen molar-refractivity contribution in [2.24, 2.45) is 0 Å². The minimum atomic E-state index is -1.76. The Morgan fingerprint density at radius 3 is 2.56 bits per heavy atom. The molecule has 1 aromatic heterocycles. The zero-order valence-corrected chi connectivity index (χ0v) is 19.0. The normalized spacial score (nSPS) is 14.9. The maximum atomic E-state index is 13.7. The first-order valence-electron chi connectivity index (χ1n) is 9.38. The molecule has 4 rings (SSSR count). The molecule has 1 aliphatic heterocycles. The van der Waals surface area contributed by atoms with E-state index in [0.29, 0.717) is 44.1 Å². The second kappa shape index (κ2) is 9.57. The Bertz CT molecular complexity index is 1380. The van der Waals surface area contributed by atoms with Crippen LogP contribution in [0.2, 0.25) is 10.0 Å². The molecule has 1 fully saturated rings. The lowest BCUT2D eigenvalue weighted by atomic mass is 10.2. The Labute approximate surface area is 204 Å². The largest absolute Gasteiger partial charge is 0.457 e. The summed E-state index contributed by atoms with van der Waals surface area (Å²) < 4.78 is 45.8. The summed E-state index contributed by atoms with van der Waals surface area (Å²) in [7, 11) is 0. The number of nitrogens with one attached hydrogen (secondary N) is 1. The SMILES string of the molecule is O=C(CN1C(=O)S/C(=C/c2ccc(-c3ccc(Cl)cc3Cl)o2)C1=O)Nc1ccc(F)c(F)c1F. The van der Waals surface area contributed by atoms with Crippen LogP contribution in [0.1, 0.15) is 5.76 Å². The molecule has 34 heavy (non-hydrogen) atoms. The Kier molecular flexibility index (Phi) is 6.74. The highest BCUT2D eigenvalue weighted by molar-refractivity contribution is 8.18. The van der Waals surface area contributed by atoms with E-state index in [9.17, 15) is 27.6 Å². The van der Waals surface area contributed by atoms with E-state index in [1.807, 2.05) is 5.32 Å². The van der Waals surface area contributed by atoms with E-state index in [1.165, 1.54) is 6.08 Å². The van der Waals surface area contributed by atoms with Crippen LogP contribution in [0.3, 0.4) is 0 Å². The summed E-state index contributed by atoms with van der Waals surface area (Å²) in [4.78, 5) is 37.7. The molecule has 2 heterocycles. The highest BCUT2D eigenvalue weighted by atomic mass is 35.5. The van der Waals surface area contributed by atoms with Gasteiger partial charge in [-0.15, -0.1) is 0 Å². The molecule has 0 bridgehead atoms. The van der Waals surface area contributed by atoms with Crippen LogP contribution in [0.25, 0.3) is 17.4 Å². The van der Waals surface area contributed by atoms with Crippen molar-refractivity contribution in [3.63, 3.8) is 0 Å². The number of amides is 3. The number of halogens is 5. The molecule has 174 valence electrons. The Morgan fingerprint density at radius 1 is 1.06 bits per heavy atom. The number of anilines is 1. The van der Waals surface area contributed by atoms with Gasteiger partial charge in [0, 0.05) is 16.7 Å². The first-order valence-corrected chi connectivity index (χ1v) is 10.9. The third-order valence-corrected chi connectivity index (χ3v) is 6.04. The van der Waals surface area contributed by atoms with Gasteiger partial charge in [0.25, 0.3) is 11.1 Å². The van der Waals surface area contributed by atoms with E-state index in [0.717, 1.165) is 6.07 Å². The summed E-state index contributed by atoms with van der Waals surface area (Å²) in [6, 6.07) is 9.47. The number of hydrogen-bond donors (Lipinski definition) is 1. The molecule has 2 aromatic carbocycles. The van der Waals surface area contributed by atoms with Crippen LogP contribution >= 0.6 is 35.0 Å². The molecule has 0 aliphatic carbocycles. The smallest absolute Gasteiger partial charge is 0.294 e. The number of carbonyl (C=O) groups is 3. The molecule has 12 heteroatoms. The molecule has 0 saturated carbocycles. The van der Waals surface area contributed by atoms with Gasteiger partial charge in [-0.3, -0.25) is 19.3 Å².